The van der Waals surface area contributed by atoms with Gasteiger partial charge in [-0.3, -0.25) is 0 Å². The number of para-hydroxylation sites is 5. The molecule has 12 rings (SSSR count). The molecule has 0 unspecified atom stereocenters. The van der Waals surface area contributed by atoms with E-state index in [0.29, 0.717) is 23.2 Å². The smallest absolute Gasteiger partial charge is 0.167 e. The topological polar surface area (TPSA) is 56.1 Å². The average Bonchev–Trinajstić information content (AvgIpc) is 3.64. The van der Waals surface area contributed by atoms with Crippen LogP contribution in [0.15, 0.2) is 182 Å². The molecule has 278 valence electrons. The first-order valence-corrected chi connectivity index (χ1v) is 20.1. The number of anilines is 3. The highest BCUT2D eigenvalue weighted by molar-refractivity contribution is 6.09. The molecule has 0 bridgehead atoms. The third-order valence-corrected chi connectivity index (χ3v) is 11.7. The quantitative estimate of drug-likeness (QED) is 0.175. The SMILES string of the molecule is C1=Cc2cccc(-c3nc(-c4cccc5c4Oc4ccccc4N5c4ccc(-n5c6ccccc6c6ccccc65)cc4)nc(-c4cccc5ccccc45)n3)c2CC1. The van der Waals surface area contributed by atoms with E-state index in [4.69, 9.17) is 19.7 Å². The molecule has 6 heteroatoms. The average molecular weight is 758 g/mol. The Morgan fingerprint density at radius 1 is 0.458 bits per heavy atom. The number of ether oxygens (including phenoxy) is 1. The van der Waals surface area contributed by atoms with Crippen LogP contribution in [-0.4, -0.2) is 19.5 Å². The number of benzene rings is 8. The van der Waals surface area contributed by atoms with Gasteiger partial charge in [0.25, 0.3) is 0 Å². The van der Waals surface area contributed by atoms with Crippen molar-refractivity contribution in [2.24, 2.45) is 0 Å². The second kappa shape index (κ2) is 13.4. The van der Waals surface area contributed by atoms with E-state index < -0.39 is 0 Å². The summed E-state index contributed by atoms with van der Waals surface area (Å²) in [7, 11) is 0. The van der Waals surface area contributed by atoms with Crippen molar-refractivity contribution >= 4 is 55.7 Å². The van der Waals surface area contributed by atoms with E-state index in [1.807, 2.05) is 12.1 Å². The molecule has 2 aromatic heterocycles. The second-order valence-corrected chi connectivity index (χ2v) is 15.1. The van der Waals surface area contributed by atoms with Gasteiger partial charge in [-0.05, 0) is 95.4 Å². The Balaban J connectivity index is 1.03. The zero-order valence-corrected chi connectivity index (χ0v) is 32.0. The predicted molar refractivity (Wildman–Crippen MR) is 240 cm³/mol. The first kappa shape index (κ1) is 33.3. The van der Waals surface area contributed by atoms with Gasteiger partial charge in [-0.15, -0.1) is 0 Å². The van der Waals surface area contributed by atoms with Crippen molar-refractivity contribution in [1.29, 1.82) is 0 Å². The third-order valence-electron chi connectivity index (χ3n) is 11.7. The van der Waals surface area contributed by atoms with Crippen molar-refractivity contribution in [3.05, 3.63) is 193 Å². The summed E-state index contributed by atoms with van der Waals surface area (Å²) in [6.45, 7) is 0. The fraction of sp³-hybridized carbons (Fsp3) is 0.0377. The highest BCUT2D eigenvalue weighted by Gasteiger charge is 2.30. The van der Waals surface area contributed by atoms with Crippen molar-refractivity contribution in [3.63, 3.8) is 0 Å². The molecule has 0 fully saturated rings. The predicted octanol–water partition coefficient (Wildman–Crippen LogP) is 13.7. The van der Waals surface area contributed by atoms with Crippen LogP contribution in [0.4, 0.5) is 17.1 Å². The summed E-state index contributed by atoms with van der Waals surface area (Å²) >= 11 is 0. The van der Waals surface area contributed by atoms with Gasteiger partial charge in [0, 0.05) is 33.3 Å². The van der Waals surface area contributed by atoms with Gasteiger partial charge in [0.1, 0.15) is 0 Å². The minimum atomic E-state index is 0.555. The summed E-state index contributed by atoms with van der Waals surface area (Å²) < 4.78 is 9.24. The van der Waals surface area contributed by atoms with Crippen molar-refractivity contribution in [1.82, 2.24) is 19.5 Å². The Kier molecular flexibility index (Phi) is 7.56. The Morgan fingerprint density at radius 2 is 1.03 bits per heavy atom. The van der Waals surface area contributed by atoms with Gasteiger partial charge in [0.05, 0.1) is 28.0 Å². The van der Waals surface area contributed by atoms with Crippen LogP contribution in [0.5, 0.6) is 11.5 Å². The van der Waals surface area contributed by atoms with Crippen LogP contribution in [0.25, 0.3) is 78.5 Å². The molecule has 0 saturated heterocycles. The number of rotatable bonds is 5. The fourth-order valence-corrected chi connectivity index (χ4v) is 9.03. The number of hydrogen-bond donors (Lipinski definition) is 0. The monoisotopic (exact) mass is 757 g/mol. The summed E-state index contributed by atoms with van der Waals surface area (Å²) in [4.78, 5) is 18.1. The van der Waals surface area contributed by atoms with Crippen LogP contribution in [-0.2, 0) is 6.42 Å². The minimum absolute atomic E-state index is 0.555. The summed E-state index contributed by atoms with van der Waals surface area (Å²) in [5.41, 5.74) is 11.6. The molecule has 0 amide bonds. The molecule has 0 spiro atoms. The van der Waals surface area contributed by atoms with E-state index in [0.717, 1.165) is 68.8 Å². The summed E-state index contributed by atoms with van der Waals surface area (Å²) in [5, 5.41) is 4.70. The number of aromatic nitrogens is 4. The molecule has 0 atom stereocenters. The Hall–Kier alpha value is -7.83. The molecule has 6 nitrogen and oxygen atoms in total. The molecular formula is C53H35N5O. The highest BCUT2D eigenvalue weighted by Crippen LogP contribution is 2.53. The van der Waals surface area contributed by atoms with Gasteiger partial charge < -0.3 is 14.2 Å². The molecule has 10 aromatic rings. The lowest BCUT2D eigenvalue weighted by molar-refractivity contribution is 0.478. The molecule has 3 heterocycles. The van der Waals surface area contributed by atoms with Crippen LogP contribution < -0.4 is 9.64 Å². The molecule has 59 heavy (non-hydrogen) atoms. The van der Waals surface area contributed by atoms with Crippen molar-refractivity contribution in [3.8, 4) is 51.3 Å². The summed E-state index contributed by atoms with van der Waals surface area (Å²) in [5.74, 6) is 3.27. The van der Waals surface area contributed by atoms with Gasteiger partial charge in [-0.25, -0.2) is 15.0 Å². The maximum atomic E-state index is 6.89. The first-order chi connectivity index (χ1) is 29.3. The number of nitrogens with zero attached hydrogens (tertiary/aromatic N) is 5. The molecule has 1 aliphatic carbocycles. The van der Waals surface area contributed by atoms with E-state index in [1.54, 1.807) is 0 Å². The standard InChI is InChI=1S/C53H35N5O/c1-3-18-38-34(14-1)16-11-22-42(38)51-54-52(43-23-12-17-35-15-2-4-19-39(35)43)56-53(55-51)44-24-13-28-48-50(44)59-49-29-10-9-27-47(49)58(48)37-32-30-36(31-33-37)57-45-25-7-5-20-40(45)41-21-6-8-26-46(41)57/h1-3,5-18,20-33H,4,19H2. The van der Waals surface area contributed by atoms with E-state index in [9.17, 15) is 0 Å². The lowest BCUT2D eigenvalue weighted by atomic mass is 9.92. The summed E-state index contributed by atoms with van der Waals surface area (Å²) in [6, 6.07) is 61.6. The van der Waals surface area contributed by atoms with Crippen LogP contribution in [0.3, 0.4) is 0 Å². The zero-order chi connectivity index (χ0) is 38.9. The Morgan fingerprint density at radius 3 is 1.85 bits per heavy atom. The van der Waals surface area contributed by atoms with E-state index in [2.05, 4.69) is 185 Å². The van der Waals surface area contributed by atoms with E-state index in [1.165, 1.54) is 32.9 Å². The lowest BCUT2D eigenvalue weighted by Crippen LogP contribution is -2.16. The number of allylic oxidation sites excluding steroid dienone is 1. The zero-order valence-electron chi connectivity index (χ0n) is 32.0. The third kappa shape index (κ3) is 5.37. The molecule has 8 aromatic carbocycles. The normalized spacial score (nSPS) is 13.0. The Labute approximate surface area is 341 Å². The van der Waals surface area contributed by atoms with Crippen LogP contribution in [0.1, 0.15) is 17.5 Å². The van der Waals surface area contributed by atoms with Gasteiger partial charge in [0.15, 0.2) is 29.0 Å². The molecular weight excluding hydrogens is 723 g/mol. The molecule has 0 radical (unpaired) electrons. The maximum Gasteiger partial charge on any atom is 0.167 e. The van der Waals surface area contributed by atoms with Gasteiger partial charge in [0.2, 0.25) is 0 Å². The summed E-state index contributed by atoms with van der Waals surface area (Å²) in [6.07, 6.45) is 6.35. The minimum Gasteiger partial charge on any atom is -0.452 e. The largest absolute Gasteiger partial charge is 0.452 e. The van der Waals surface area contributed by atoms with Crippen molar-refractivity contribution in [2.45, 2.75) is 12.8 Å². The number of hydrogen-bond acceptors (Lipinski definition) is 5. The highest BCUT2D eigenvalue weighted by atomic mass is 16.5. The maximum absolute atomic E-state index is 6.89. The molecule has 0 N–H and O–H groups in total. The van der Waals surface area contributed by atoms with Crippen LogP contribution in [0.2, 0.25) is 0 Å². The second-order valence-electron chi connectivity index (χ2n) is 15.1. The van der Waals surface area contributed by atoms with Gasteiger partial charge in [-0.2, -0.15) is 0 Å². The first-order valence-electron chi connectivity index (χ1n) is 20.1. The van der Waals surface area contributed by atoms with E-state index >= 15 is 0 Å². The molecule has 1 aliphatic heterocycles. The molecule has 0 saturated carbocycles. The van der Waals surface area contributed by atoms with E-state index in [-0.39, 0.29) is 0 Å². The fourth-order valence-electron chi connectivity index (χ4n) is 9.03. The number of fused-ring (bicyclic) bond motifs is 7. The van der Waals surface area contributed by atoms with Crippen LogP contribution in [0, 0.1) is 0 Å². The van der Waals surface area contributed by atoms with Gasteiger partial charge in [-0.1, -0.05) is 127 Å². The van der Waals surface area contributed by atoms with Crippen LogP contribution >= 0.6 is 0 Å². The Bertz CT molecular complexity index is 3270. The van der Waals surface area contributed by atoms with Gasteiger partial charge >= 0.3 is 0 Å². The molecule has 2 aliphatic rings. The van der Waals surface area contributed by atoms with Crippen molar-refractivity contribution in [2.75, 3.05) is 4.90 Å². The lowest BCUT2D eigenvalue weighted by Gasteiger charge is -2.33. The van der Waals surface area contributed by atoms with Crippen molar-refractivity contribution < 1.29 is 4.74 Å².